The van der Waals surface area contributed by atoms with Gasteiger partial charge in [0.05, 0.1) is 23.7 Å². The summed E-state index contributed by atoms with van der Waals surface area (Å²) in [6.45, 7) is 0.540. The molecule has 20 heavy (non-hydrogen) atoms. The van der Waals surface area contributed by atoms with Crippen molar-refractivity contribution >= 4 is 5.69 Å². The first kappa shape index (κ1) is 13.9. The molecule has 0 aliphatic rings. The second-order valence-corrected chi connectivity index (χ2v) is 4.03. The molecule has 1 aromatic carbocycles. The van der Waals surface area contributed by atoms with E-state index in [-0.39, 0.29) is 11.6 Å². The highest BCUT2D eigenvalue weighted by Crippen LogP contribution is 2.32. The number of nitrogens with two attached hydrogens (primary N) is 1. The Balaban J connectivity index is 2.32. The number of ether oxygens (including phenoxy) is 1. The highest BCUT2D eigenvalue weighted by Gasteiger charge is 2.17. The van der Waals surface area contributed by atoms with Crippen molar-refractivity contribution in [3.8, 4) is 17.2 Å². The van der Waals surface area contributed by atoms with E-state index in [0.717, 1.165) is 6.42 Å². The van der Waals surface area contributed by atoms with Crippen LogP contribution in [-0.4, -0.2) is 28.8 Å². The van der Waals surface area contributed by atoms with E-state index in [9.17, 15) is 10.1 Å². The lowest BCUT2D eigenvalue weighted by Crippen LogP contribution is -2.00. The molecule has 0 bridgehead atoms. The number of hydrogen-bond donors (Lipinski definition) is 1. The monoisotopic (exact) mass is 278 g/mol. The Labute approximate surface area is 114 Å². The molecular formula is C12H14N4O4. The Morgan fingerprint density at radius 3 is 2.90 bits per heavy atom. The summed E-state index contributed by atoms with van der Waals surface area (Å²) in [7, 11) is 1.42. The molecule has 1 aromatic heterocycles. The van der Waals surface area contributed by atoms with Gasteiger partial charge in [0, 0.05) is 12.5 Å². The summed E-state index contributed by atoms with van der Waals surface area (Å²) in [5, 5.41) is 18.5. The fraction of sp³-hybridized carbons (Fsp3) is 0.333. The molecule has 0 spiro atoms. The zero-order valence-electron chi connectivity index (χ0n) is 10.9. The average Bonchev–Trinajstić information content (AvgIpc) is 2.92. The zero-order chi connectivity index (χ0) is 14.5. The van der Waals surface area contributed by atoms with Gasteiger partial charge in [0.15, 0.2) is 0 Å². The number of non-ortho nitro benzene ring substituents is 1. The third-order valence-corrected chi connectivity index (χ3v) is 2.69. The fourth-order valence-corrected chi connectivity index (χ4v) is 1.69. The zero-order valence-corrected chi connectivity index (χ0v) is 10.9. The lowest BCUT2D eigenvalue weighted by atomic mass is 10.2. The van der Waals surface area contributed by atoms with Gasteiger partial charge in [-0.3, -0.25) is 10.1 Å². The molecule has 0 aliphatic carbocycles. The summed E-state index contributed by atoms with van der Waals surface area (Å²) >= 11 is 0. The number of aryl methyl sites for hydroxylation is 1. The maximum Gasteiger partial charge on any atom is 0.273 e. The summed E-state index contributed by atoms with van der Waals surface area (Å²) < 4.78 is 10.6. The second kappa shape index (κ2) is 6.11. The maximum atomic E-state index is 10.7. The molecule has 0 radical (unpaired) electrons. The molecule has 2 N–H and O–H groups in total. The maximum absolute atomic E-state index is 10.7. The predicted octanol–water partition coefficient (Wildman–Crippen LogP) is 1.54. The first-order chi connectivity index (χ1) is 9.65. The minimum absolute atomic E-state index is 0.0616. The van der Waals surface area contributed by atoms with Crippen LogP contribution in [0, 0.1) is 10.1 Å². The molecule has 2 rings (SSSR count). The van der Waals surface area contributed by atoms with Crippen molar-refractivity contribution in [1.82, 2.24) is 10.2 Å². The molecule has 1 heterocycles. The van der Waals surface area contributed by atoms with Gasteiger partial charge in [-0.1, -0.05) is 0 Å². The van der Waals surface area contributed by atoms with Crippen LogP contribution in [0.5, 0.6) is 5.75 Å². The number of hydrogen-bond acceptors (Lipinski definition) is 7. The van der Waals surface area contributed by atoms with Crippen molar-refractivity contribution in [3.05, 3.63) is 34.2 Å². The second-order valence-electron chi connectivity index (χ2n) is 4.03. The summed E-state index contributed by atoms with van der Waals surface area (Å²) in [5.74, 6) is 1.06. The van der Waals surface area contributed by atoms with Crippen molar-refractivity contribution in [2.24, 2.45) is 5.73 Å². The molecule has 106 valence electrons. The van der Waals surface area contributed by atoms with Crippen LogP contribution in [0.15, 0.2) is 22.6 Å². The molecular weight excluding hydrogens is 264 g/mol. The lowest BCUT2D eigenvalue weighted by molar-refractivity contribution is -0.384. The first-order valence-electron chi connectivity index (χ1n) is 6.01. The molecule has 0 unspecified atom stereocenters. The van der Waals surface area contributed by atoms with E-state index in [1.807, 2.05) is 0 Å². The number of nitro groups is 1. The van der Waals surface area contributed by atoms with Crippen LogP contribution in [0.2, 0.25) is 0 Å². The first-order valence-corrected chi connectivity index (χ1v) is 6.01. The molecule has 0 aliphatic heterocycles. The molecule has 0 fully saturated rings. The van der Waals surface area contributed by atoms with Gasteiger partial charge >= 0.3 is 0 Å². The van der Waals surface area contributed by atoms with E-state index in [1.165, 1.54) is 25.3 Å². The van der Waals surface area contributed by atoms with Gasteiger partial charge in [-0.25, -0.2) is 0 Å². The average molecular weight is 278 g/mol. The van der Waals surface area contributed by atoms with Gasteiger partial charge < -0.3 is 14.9 Å². The quantitative estimate of drug-likeness (QED) is 0.629. The molecule has 0 amide bonds. The van der Waals surface area contributed by atoms with Crippen molar-refractivity contribution in [2.45, 2.75) is 12.8 Å². The largest absolute Gasteiger partial charge is 0.496 e. The van der Waals surface area contributed by atoms with E-state index in [0.29, 0.717) is 30.2 Å². The Kier molecular flexibility index (Phi) is 4.26. The number of benzene rings is 1. The standard InChI is InChI=1S/C12H14N4O4/c1-19-10-7-8(16(17)18)4-5-9(10)12-15-14-11(20-12)3-2-6-13/h4-5,7H,2-3,6,13H2,1H3. The smallest absolute Gasteiger partial charge is 0.273 e. The van der Waals surface area contributed by atoms with Gasteiger partial charge in [-0.05, 0) is 19.0 Å². The summed E-state index contributed by atoms with van der Waals surface area (Å²) in [4.78, 5) is 10.2. The Morgan fingerprint density at radius 2 is 2.25 bits per heavy atom. The van der Waals surface area contributed by atoms with Crippen molar-refractivity contribution in [2.75, 3.05) is 13.7 Å². The number of rotatable bonds is 6. The molecule has 8 heteroatoms. The minimum atomic E-state index is -0.493. The van der Waals surface area contributed by atoms with E-state index >= 15 is 0 Å². The highest BCUT2D eigenvalue weighted by molar-refractivity contribution is 5.65. The Bertz CT molecular complexity index is 611. The van der Waals surface area contributed by atoms with Crippen molar-refractivity contribution < 1.29 is 14.1 Å². The molecule has 2 aromatic rings. The third kappa shape index (κ3) is 2.91. The highest BCUT2D eigenvalue weighted by atomic mass is 16.6. The van der Waals surface area contributed by atoms with Crippen LogP contribution in [-0.2, 0) is 6.42 Å². The Morgan fingerprint density at radius 1 is 1.45 bits per heavy atom. The van der Waals surface area contributed by atoms with Crippen molar-refractivity contribution in [3.63, 3.8) is 0 Å². The molecule has 0 atom stereocenters. The molecule has 8 nitrogen and oxygen atoms in total. The topological polar surface area (TPSA) is 117 Å². The summed E-state index contributed by atoms with van der Waals surface area (Å²) in [6, 6.07) is 4.21. The number of aromatic nitrogens is 2. The SMILES string of the molecule is COc1cc([N+](=O)[O-])ccc1-c1nnc(CCCN)o1. The predicted molar refractivity (Wildman–Crippen MR) is 70.3 cm³/mol. The normalized spacial score (nSPS) is 10.5. The molecule has 0 saturated carbocycles. The number of methoxy groups -OCH3 is 1. The van der Waals surface area contributed by atoms with Gasteiger partial charge in [0.2, 0.25) is 5.89 Å². The van der Waals surface area contributed by atoms with E-state index in [2.05, 4.69) is 10.2 Å². The fourth-order valence-electron chi connectivity index (χ4n) is 1.69. The van der Waals surface area contributed by atoms with Crippen LogP contribution in [0.3, 0.4) is 0 Å². The Hall–Kier alpha value is -2.48. The van der Waals surface area contributed by atoms with E-state index < -0.39 is 4.92 Å². The van der Waals surface area contributed by atoms with Crippen LogP contribution < -0.4 is 10.5 Å². The molecule has 0 saturated heterocycles. The van der Waals surface area contributed by atoms with E-state index in [4.69, 9.17) is 14.9 Å². The van der Waals surface area contributed by atoms with Gasteiger partial charge in [0.1, 0.15) is 5.75 Å². The number of nitrogens with zero attached hydrogens (tertiary/aromatic N) is 3. The van der Waals surface area contributed by atoms with Crippen LogP contribution >= 0.6 is 0 Å². The van der Waals surface area contributed by atoms with Crippen LogP contribution in [0.25, 0.3) is 11.5 Å². The van der Waals surface area contributed by atoms with Crippen LogP contribution in [0.4, 0.5) is 5.69 Å². The van der Waals surface area contributed by atoms with Gasteiger partial charge in [-0.15, -0.1) is 10.2 Å². The van der Waals surface area contributed by atoms with Crippen molar-refractivity contribution in [1.29, 1.82) is 0 Å². The third-order valence-electron chi connectivity index (χ3n) is 2.69. The lowest BCUT2D eigenvalue weighted by Gasteiger charge is -2.04. The summed E-state index contributed by atoms with van der Waals surface area (Å²) in [5.41, 5.74) is 5.87. The van der Waals surface area contributed by atoms with Gasteiger partial charge in [0.25, 0.3) is 11.6 Å². The van der Waals surface area contributed by atoms with E-state index in [1.54, 1.807) is 0 Å². The minimum Gasteiger partial charge on any atom is -0.496 e. The van der Waals surface area contributed by atoms with Gasteiger partial charge in [-0.2, -0.15) is 0 Å². The number of nitro benzene ring substituents is 1. The van der Waals surface area contributed by atoms with Crippen LogP contribution in [0.1, 0.15) is 12.3 Å². The summed E-state index contributed by atoms with van der Waals surface area (Å²) in [6.07, 6.45) is 1.35.